The number of hydrogen-bond donors (Lipinski definition) is 2. The molecule has 0 amide bonds. The summed E-state index contributed by atoms with van der Waals surface area (Å²) in [6.45, 7) is 4.17. The third-order valence-corrected chi connectivity index (χ3v) is 11.6. The second-order valence-corrected chi connectivity index (χ2v) is 18.1. The van der Waals surface area contributed by atoms with Crippen LogP contribution in [0.5, 0.6) is 0 Å². The number of carbonyl (C=O) groups is 2. The van der Waals surface area contributed by atoms with Gasteiger partial charge in [0.15, 0.2) is 6.10 Å². The molecule has 0 spiro atoms. The Labute approximate surface area is 381 Å². The largest absolute Gasteiger partial charge is 0.472 e. The summed E-state index contributed by atoms with van der Waals surface area (Å²) in [6.07, 6.45) is 57.0. The van der Waals surface area contributed by atoms with Gasteiger partial charge in [-0.15, -0.1) is 0 Å². The molecular formula is C52H94NO8P. The predicted octanol–water partition coefficient (Wildman–Crippen LogP) is 15.1. The number of nitrogens with one attached hydrogen (secondary N) is 1. The Morgan fingerprint density at radius 3 is 1.35 bits per heavy atom. The number of rotatable bonds is 47. The number of phosphoric ester groups is 1. The third-order valence-electron chi connectivity index (χ3n) is 10.6. The Morgan fingerprint density at radius 1 is 0.500 bits per heavy atom. The van der Waals surface area contributed by atoms with Gasteiger partial charge in [-0.1, -0.05) is 184 Å². The highest BCUT2D eigenvalue weighted by molar-refractivity contribution is 7.47. The number of hydrogen-bond acceptors (Lipinski definition) is 8. The van der Waals surface area contributed by atoms with E-state index in [-0.39, 0.29) is 32.0 Å². The van der Waals surface area contributed by atoms with E-state index >= 15 is 0 Å². The summed E-state index contributed by atoms with van der Waals surface area (Å²) in [5.41, 5.74) is 0. The van der Waals surface area contributed by atoms with Crippen molar-refractivity contribution in [1.29, 1.82) is 0 Å². The number of carbonyl (C=O) groups excluding carboxylic acids is 2. The highest BCUT2D eigenvalue weighted by Gasteiger charge is 2.26. The molecule has 62 heavy (non-hydrogen) atoms. The van der Waals surface area contributed by atoms with Crippen LogP contribution in [0, 0.1) is 0 Å². The van der Waals surface area contributed by atoms with E-state index < -0.39 is 26.5 Å². The summed E-state index contributed by atoms with van der Waals surface area (Å²) in [5, 5.41) is 2.83. The molecule has 0 aromatic heterocycles. The van der Waals surface area contributed by atoms with Crippen molar-refractivity contribution in [1.82, 2.24) is 5.32 Å². The monoisotopic (exact) mass is 892 g/mol. The van der Waals surface area contributed by atoms with Crippen LogP contribution in [0.2, 0.25) is 0 Å². The second-order valence-electron chi connectivity index (χ2n) is 16.6. The van der Waals surface area contributed by atoms with E-state index in [4.69, 9.17) is 18.5 Å². The average Bonchev–Trinajstić information content (AvgIpc) is 3.26. The van der Waals surface area contributed by atoms with E-state index in [1.807, 2.05) is 0 Å². The fourth-order valence-corrected chi connectivity index (χ4v) is 7.52. The Kier molecular flexibility index (Phi) is 46.4. The maximum Gasteiger partial charge on any atom is 0.472 e. The maximum absolute atomic E-state index is 12.7. The molecule has 0 aliphatic carbocycles. The molecule has 0 saturated carbocycles. The molecule has 0 aliphatic heterocycles. The normalized spacial score (nSPS) is 13.7. The first kappa shape index (κ1) is 59.7. The van der Waals surface area contributed by atoms with Crippen LogP contribution in [0.3, 0.4) is 0 Å². The molecule has 2 unspecified atom stereocenters. The number of allylic oxidation sites excluding steroid dienone is 10. The van der Waals surface area contributed by atoms with Gasteiger partial charge in [-0.25, -0.2) is 4.57 Å². The van der Waals surface area contributed by atoms with Crippen molar-refractivity contribution in [3.63, 3.8) is 0 Å². The van der Waals surface area contributed by atoms with E-state index in [0.717, 1.165) is 57.8 Å². The number of esters is 2. The van der Waals surface area contributed by atoms with Crippen LogP contribution in [0.1, 0.15) is 219 Å². The van der Waals surface area contributed by atoms with Crippen molar-refractivity contribution in [2.75, 3.05) is 33.4 Å². The molecule has 0 heterocycles. The molecular weight excluding hydrogens is 798 g/mol. The molecule has 0 fully saturated rings. The zero-order valence-corrected chi connectivity index (χ0v) is 41.0. The number of phosphoric acid groups is 1. The lowest BCUT2D eigenvalue weighted by molar-refractivity contribution is -0.161. The number of unbranched alkanes of at least 4 members (excludes halogenated alkanes) is 23. The lowest BCUT2D eigenvalue weighted by Crippen LogP contribution is -2.29. The summed E-state index contributed by atoms with van der Waals surface area (Å²) >= 11 is 0. The van der Waals surface area contributed by atoms with E-state index in [9.17, 15) is 19.0 Å². The van der Waals surface area contributed by atoms with Gasteiger partial charge in [0, 0.05) is 19.4 Å². The quantitative estimate of drug-likeness (QED) is 0.0266. The SMILES string of the molecule is CCCCC/C=C\C/C=C\C/C=C\C/C=C\CCCCCC(=O)OC(COC(=O)CCCCCCCCCCCCC/C=C\CCCCCCCC)COP(=O)(O)OCCNC. The molecule has 2 N–H and O–H groups in total. The first-order chi connectivity index (χ1) is 30.3. The molecule has 2 atom stereocenters. The number of ether oxygens (including phenoxy) is 2. The van der Waals surface area contributed by atoms with Crippen molar-refractivity contribution in [2.24, 2.45) is 0 Å². The lowest BCUT2D eigenvalue weighted by atomic mass is 10.0. The van der Waals surface area contributed by atoms with Crippen LogP contribution in [0.25, 0.3) is 0 Å². The second kappa shape index (κ2) is 48.2. The van der Waals surface area contributed by atoms with Crippen LogP contribution in [-0.2, 0) is 32.7 Å². The van der Waals surface area contributed by atoms with Gasteiger partial charge in [-0.2, -0.15) is 0 Å². The summed E-state index contributed by atoms with van der Waals surface area (Å²) in [4.78, 5) is 35.2. The van der Waals surface area contributed by atoms with Crippen molar-refractivity contribution in [3.8, 4) is 0 Å². The molecule has 0 rings (SSSR count). The van der Waals surface area contributed by atoms with Gasteiger partial charge in [-0.05, 0) is 90.5 Å². The predicted molar refractivity (Wildman–Crippen MR) is 261 cm³/mol. The van der Waals surface area contributed by atoms with Crippen LogP contribution in [-0.4, -0.2) is 56.3 Å². The molecule has 0 aliphatic rings. The summed E-state index contributed by atoms with van der Waals surface area (Å²) in [7, 11) is -2.67. The smallest absolute Gasteiger partial charge is 0.462 e. The molecule has 0 radical (unpaired) electrons. The van der Waals surface area contributed by atoms with Gasteiger partial charge < -0.3 is 19.7 Å². The minimum absolute atomic E-state index is 0.0253. The molecule has 360 valence electrons. The molecule has 0 saturated heterocycles. The van der Waals surface area contributed by atoms with E-state index in [1.165, 1.54) is 128 Å². The summed E-state index contributed by atoms with van der Waals surface area (Å²) in [6, 6.07) is 0. The molecule has 9 nitrogen and oxygen atoms in total. The highest BCUT2D eigenvalue weighted by atomic mass is 31.2. The molecule has 10 heteroatoms. The first-order valence-electron chi connectivity index (χ1n) is 25.2. The average molecular weight is 892 g/mol. The van der Waals surface area contributed by atoms with Gasteiger partial charge in [0.2, 0.25) is 0 Å². The van der Waals surface area contributed by atoms with Crippen LogP contribution in [0.4, 0.5) is 0 Å². The standard InChI is InChI=1S/C52H94NO8P/c1-4-6-8-10-12-14-16-18-20-22-24-25-27-28-30-32-34-36-38-40-42-44-51(54)58-48-50(49-60-62(56,57)59-47-46-53-3)61-52(55)45-43-41-39-37-35-33-31-29-26-23-21-19-17-15-13-11-9-7-5-2/h13,15,18-21,26,29,33,35,50,53H,4-12,14,16-17,22-25,27-28,30-32,34,36-49H2,1-3H3,(H,56,57)/b15-13-,20-18-,21-19-,29-26-,35-33-. The number of likely N-dealkylation sites (N-methyl/N-ethyl adjacent to an activating group) is 1. The summed E-state index contributed by atoms with van der Waals surface area (Å²) in [5.74, 6) is -0.841. The van der Waals surface area contributed by atoms with E-state index in [2.05, 4.69) is 79.9 Å². The van der Waals surface area contributed by atoms with Gasteiger partial charge in [-0.3, -0.25) is 18.6 Å². The first-order valence-corrected chi connectivity index (χ1v) is 26.7. The van der Waals surface area contributed by atoms with Crippen molar-refractivity contribution in [3.05, 3.63) is 60.8 Å². The zero-order valence-electron chi connectivity index (χ0n) is 40.1. The molecule has 0 bridgehead atoms. The van der Waals surface area contributed by atoms with Gasteiger partial charge >= 0.3 is 19.8 Å². The minimum atomic E-state index is -4.37. The van der Waals surface area contributed by atoms with Crippen molar-refractivity contribution in [2.45, 2.75) is 225 Å². The highest BCUT2D eigenvalue weighted by Crippen LogP contribution is 2.43. The Bertz CT molecular complexity index is 1200. The van der Waals surface area contributed by atoms with Crippen LogP contribution < -0.4 is 5.32 Å². The Hall–Kier alpha value is -2.29. The fourth-order valence-electron chi connectivity index (χ4n) is 6.77. The minimum Gasteiger partial charge on any atom is -0.462 e. The van der Waals surface area contributed by atoms with Gasteiger partial charge in [0.1, 0.15) is 6.61 Å². The Morgan fingerprint density at radius 2 is 0.871 bits per heavy atom. The zero-order chi connectivity index (χ0) is 45.3. The maximum atomic E-state index is 12.7. The lowest BCUT2D eigenvalue weighted by Gasteiger charge is -2.20. The van der Waals surface area contributed by atoms with Gasteiger partial charge in [0.05, 0.1) is 13.2 Å². The van der Waals surface area contributed by atoms with E-state index in [0.29, 0.717) is 13.0 Å². The van der Waals surface area contributed by atoms with Crippen molar-refractivity contribution >= 4 is 19.8 Å². The van der Waals surface area contributed by atoms with E-state index in [1.54, 1.807) is 7.05 Å². The van der Waals surface area contributed by atoms with Gasteiger partial charge in [0.25, 0.3) is 0 Å². The van der Waals surface area contributed by atoms with Crippen LogP contribution in [0.15, 0.2) is 60.8 Å². The fraction of sp³-hybridized carbons (Fsp3) is 0.769. The van der Waals surface area contributed by atoms with Crippen LogP contribution >= 0.6 is 7.82 Å². The topological polar surface area (TPSA) is 120 Å². The van der Waals surface area contributed by atoms with Crippen molar-refractivity contribution < 1.29 is 37.6 Å². The Balaban J connectivity index is 4.18. The molecule has 0 aromatic carbocycles. The molecule has 0 aromatic rings. The third kappa shape index (κ3) is 47.2. The summed E-state index contributed by atoms with van der Waals surface area (Å²) < 4.78 is 33.3.